The summed E-state index contributed by atoms with van der Waals surface area (Å²) < 4.78 is 0. The molecule has 0 atom stereocenters. The van der Waals surface area contributed by atoms with Crippen molar-refractivity contribution in [1.82, 2.24) is 0 Å². The van der Waals surface area contributed by atoms with Crippen molar-refractivity contribution < 1.29 is 14.7 Å². The summed E-state index contributed by atoms with van der Waals surface area (Å²) >= 11 is 1.83. The van der Waals surface area contributed by atoms with Crippen molar-refractivity contribution in [2.45, 2.75) is 44.3 Å². The lowest BCUT2D eigenvalue weighted by atomic mass is 9.89. The van der Waals surface area contributed by atoms with E-state index in [-0.39, 0.29) is 11.7 Å². The molecule has 1 N–H and O–H groups in total. The summed E-state index contributed by atoms with van der Waals surface area (Å²) in [7, 11) is 0. The number of carboxylic acid groups (broad SMARTS) is 1. The highest BCUT2D eigenvalue weighted by atomic mass is 32.2. The largest absolute Gasteiger partial charge is 0.481 e. The second kappa shape index (κ2) is 6.16. The first-order valence-corrected chi connectivity index (χ1v) is 6.48. The molecule has 0 aliphatic heterocycles. The maximum Gasteiger partial charge on any atom is 0.306 e. The van der Waals surface area contributed by atoms with Crippen LogP contribution in [-0.4, -0.2) is 27.9 Å². The molecule has 4 heteroatoms. The molecule has 0 bridgehead atoms. The van der Waals surface area contributed by atoms with Gasteiger partial charge in [0.1, 0.15) is 5.78 Å². The summed E-state index contributed by atoms with van der Waals surface area (Å²) in [5.74, 6) is 0.344. The van der Waals surface area contributed by atoms with Gasteiger partial charge in [-0.3, -0.25) is 9.59 Å². The second-order valence-corrected chi connectivity index (χ2v) is 5.54. The van der Waals surface area contributed by atoms with Gasteiger partial charge in [-0.15, -0.1) is 0 Å². The lowest BCUT2D eigenvalue weighted by Gasteiger charge is -2.25. The van der Waals surface area contributed by atoms with Crippen LogP contribution in [0.5, 0.6) is 0 Å². The summed E-state index contributed by atoms with van der Waals surface area (Å²) in [6.07, 6.45) is 4.21. The number of ketones is 1. The monoisotopic (exact) mass is 230 g/mol. The first kappa shape index (κ1) is 12.6. The van der Waals surface area contributed by atoms with Crippen molar-refractivity contribution in [3.05, 3.63) is 0 Å². The number of hydrogen-bond donors (Lipinski definition) is 1. The molecule has 86 valence electrons. The topological polar surface area (TPSA) is 54.4 Å². The van der Waals surface area contributed by atoms with E-state index in [1.165, 1.54) is 0 Å². The van der Waals surface area contributed by atoms with E-state index >= 15 is 0 Å². The Morgan fingerprint density at radius 2 is 1.87 bits per heavy atom. The molecule has 0 aromatic rings. The maximum atomic E-state index is 10.7. The van der Waals surface area contributed by atoms with E-state index in [4.69, 9.17) is 5.11 Å². The van der Waals surface area contributed by atoms with Gasteiger partial charge in [-0.25, -0.2) is 0 Å². The maximum absolute atomic E-state index is 10.7. The lowest BCUT2D eigenvalue weighted by molar-refractivity contribution is -0.142. The van der Waals surface area contributed by atoms with Crippen molar-refractivity contribution in [2.24, 2.45) is 5.92 Å². The molecule has 15 heavy (non-hydrogen) atoms. The summed E-state index contributed by atoms with van der Waals surface area (Å²) in [5.41, 5.74) is 0. The third-order valence-corrected chi connectivity index (χ3v) is 4.21. The minimum Gasteiger partial charge on any atom is -0.481 e. The van der Waals surface area contributed by atoms with Crippen LogP contribution < -0.4 is 0 Å². The number of carboxylic acids is 1. The zero-order valence-corrected chi connectivity index (χ0v) is 9.89. The molecule has 0 saturated heterocycles. The number of aliphatic carboxylic acids is 1. The van der Waals surface area contributed by atoms with Crippen LogP contribution >= 0.6 is 11.8 Å². The molecule has 0 aromatic carbocycles. The zero-order chi connectivity index (χ0) is 11.3. The molecule has 0 aromatic heterocycles. The van der Waals surface area contributed by atoms with Crippen LogP contribution in [-0.2, 0) is 9.59 Å². The number of hydrogen-bond acceptors (Lipinski definition) is 3. The number of Topliss-reactive ketones (excluding diaryl/α,β-unsaturated/α-hetero) is 1. The number of rotatable bonds is 5. The van der Waals surface area contributed by atoms with Gasteiger partial charge in [0.2, 0.25) is 0 Å². The van der Waals surface area contributed by atoms with Crippen LogP contribution in [0.15, 0.2) is 0 Å². The number of thioether (sulfide) groups is 1. The van der Waals surface area contributed by atoms with E-state index in [0.717, 1.165) is 31.4 Å². The molecule has 1 aliphatic carbocycles. The van der Waals surface area contributed by atoms with E-state index in [9.17, 15) is 9.59 Å². The number of carbonyl (C=O) groups excluding carboxylic acids is 1. The number of carbonyl (C=O) groups is 2. The van der Waals surface area contributed by atoms with Gasteiger partial charge in [0.25, 0.3) is 0 Å². The van der Waals surface area contributed by atoms with E-state index in [1.807, 2.05) is 11.8 Å². The van der Waals surface area contributed by atoms with Crippen molar-refractivity contribution in [2.75, 3.05) is 5.75 Å². The molecule has 0 heterocycles. The van der Waals surface area contributed by atoms with E-state index in [0.29, 0.717) is 11.7 Å². The third kappa shape index (κ3) is 4.69. The van der Waals surface area contributed by atoms with E-state index in [2.05, 4.69) is 0 Å². The Morgan fingerprint density at radius 3 is 2.33 bits per heavy atom. The Balaban J connectivity index is 2.14. The zero-order valence-electron chi connectivity index (χ0n) is 9.07. The summed E-state index contributed by atoms with van der Waals surface area (Å²) in [5, 5.41) is 9.39. The van der Waals surface area contributed by atoms with E-state index in [1.54, 1.807) is 6.92 Å². The molecule has 0 unspecified atom stereocenters. The van der Waals surface area contributed by atoms with Gasteiger partial charge in [0, 0.05) is 17.4 Å². The summed E-state index contributed by atoms with van der Waals surface area (Å²) in [4.78, 5) is 21.4. The second-order valence-electron chi connectivity index (χ2n) is 4.13. The Hall–Kier alpha value is -0.510. The molecular weight excluding hydrogens is 212 g/mol. The minimum atomic E-state index is -0.651. The van der Waals surface area contributed by atoms with Crippen LogP contribution in [0.1, 0.15) is 39.0 Å². The van der Waals surface area contributed by atoms with Gasteiger partial charge in [0.15, 0.2) is 0 Å². The fourth-order valence-electron chi connectivity index (χ4n) is 1.85. The minimum absolute atomic E-state index is 0.130. The Kier molecular flexibility index (Phi) is 5.15. The van der Waals surface area contributed by atoms with Crippen LogP contribution in [0.3, 0.4) is 0 Å². The van der Waals surface area contributed by atoms with Crippen molar-refractivity contribution in [3.8, 4) is 0 Å². The fourth-order valence-corrected chi connectivity index (χ4v) is 3.19. The van der Waals surface area contributed by atoms with Gasteiger partial charge in [-0.05, 0) is 32.6 Å². The molecular formula is C11H18O3S. The average Bonchev–Trinajstić information content (AvgIpc) is 2.18. The predicted octanol–water partition coefficient (Wildman–Crippen LogP) is 2.34. The molecule has 0 amide bonds. The van der Waals surface area contributed by atoms with Crippen molar-refractivity contribution >= 4 is 23.5 Å². The van der Waals surface area contributed by atoms with Gasteiger partial charge < -0.3 is 5.11 Å². The standard InChI is InChI=1S/C11H18O3S/c1-8(12)6-7-15-10-4-2-9(3-5-10)11(13)14/h9-10H,2-7H2,1H3,(H,13,14). The van der Waals surface area contributed by atoms with Crippen LogP contribution in [0.2, 0.25) is 0 Å². The Bertz CT molecular complexity index is 229. The molecule has 1 rings (SSSR count). The highest BCUT2D eigenvalue weighted by Crippen LogP contribution is 2.32. The summed E-state index contributed by atoms with van der Waals surface area (Å²) in [6.45, 7) is 1.61. The van der Waals surface area contributed by atoms with Crippen molar-refractivity contribution in [3.63, 3.8) is 0 Å². The van der Waals surface area contributed by atoms with E-state index < -0.39 is 5.97 Å². The molecule has 1 saturated carbocycles. The van der Waals surface area contributed by atoms with Crippen LogP contribution in [0.25, 0.3) is 0 Å². The first-order chi connectivity index (χ1) is 7.09. The fraction of sp³-hybridized carbons (Fsp3) is 0.818. The quantitative estimate of drug-likeness (QED) is 0.787. The molecule has 0 radical (unpaired) electrons. The SMILES string of the molecule is CC(=O)CCSC1CCC(C(=O)O)CC1. The Morgan fingerprint density at radius 1 is 1.27 bits per heavy atom. The summed E-state index contributed by atoms with van der Waals surface area (Å²) in [6, 6.07) is 0. The van der Waals surface area contributed by atoms with Gasteiger partial charge in [-0.1, -0.05) is 0 Å². The highest BCUT2D eigenvalue weighted by molar-refractivity contribution is 7.99. The van der Waals surface area contributed by atoms with Gasteiger partial charge in [0.05, 0.1) is 5.92 Å². The normalized spacial score (nSPS) is 26.2. The Labute approximate surface area is 94.6 Å². The van der Waals surface area contributed by atoms with Gasteiger partial charge >= 0.3 is 5.97 Å². The van der Waals surface area contributed by atoms with Crippen LogP contribution in [0, 0.1) is 5.92 Å². The average molecular weight is 230 g/mol. The molecule has 0 spiro atoms. The van der Waals surface area contributed by atoms with Gasteiger partial charge in [-0.2, -0.15) is 11.8 Å². The van der Waals surface area contributed by atoms with Crippen molar-refractivity contribution in [1.29, 1.82) is 0 Å². The predicted molar refractivity (Wildman–Crippen MR) is 61.1 cm³/mol. The molecule has 1 fully saturated rings. The molecule has 3 nitrogen and oxygen atoms in total. The lowest BCUT2D eigenvalue weighted by Crippen LogP contribution is -2.22. The molecule has 1 aliphatic rings. The van der Waals surface area contributed by atoms with Crippen LogP contribution in [0.4, 0.5) is 0 Å². The smallest absolute Gasteiger partial charge is 0.306 e. The third-order valence-electron chi connectivity index (χ3n) is 2.83. The first-order valence-electron chi connectivity index (χ1n) is 5.43. The highest BCUT2D eigenvalue weighted by Gasteiger charge is 2.25.